The number of rotatable bonds is 6. The highest BCUT2D eigenvalue weighted by atomic mass is 32.2. The number of carbonyl (C=O) groups is 2. The number of benzene rings is 2. The number of aryl methyl sites for hydroxylation is 1. The number of amides is 1. The molecule has 33 heavy (non-hydrogen) atoms. The number of nitrogens with one attached hydrogen (secondary N) is 1. The van der Waals surface area contributed by atoms with Crippen molar-refractivity contribution in [3.8, 4) is 6.07 Å². The molecule has 0 aliphatic heterocycles. The van der Waals surface area contributed by atoms with Gasteiger partial charge in [0.05, 0.1) is 16.4 Å². The zero-order chi connectivity index (χ0) is 23.4. The van der Waals surface area contributed by atoms with Crippen LogP contribution in [0.25, 0.3) is 0 Å². The van der Waals surface area contributed by atoms with Gasteiger partial charge in [-0.2, -0.15) is 5.26 Å². The molecule has 3 aromatic rings. The minimum Gasteiger partial charge on any atom is -0.478 e. The quantitative estimate of drug-likeness (QED) is 0.503. The number of nitriles is 1. The molecule has 7 heteroatoms. The van der Waals surface area contributed by atoms with E-state index in [9.17, 15) is 14.9 Å². The maximum Gasteiger partial charge on any atom is 0.335 e. The van der Waals surface area contributed by atoms with E-state index in [1.165, 1.54) is 29.5 Å². The maximum absolute atomic E-state index is 12.7. The molecule has 2 N–H and O–H groups in total. The number of aromatic carboxylic acids is 1. The van der Waals surface area contributed by atoms with Crippen LogP contribution in [-0.4, -0.2) is 27.2 Å². The molecule has 1 heterocycles. The van der Waals surface area contributed by atoms with Crippen molar-refractivity contribution in [3.05, 3.63) is 88.6 Å². The Balaban J connectivity index is 1.46. The van der Waals surface area contributed by atoms with Gasteiger partial charge in [-0.3, -0.25) is 4.79 Å². The highest BCUT2D eigenvalue weighted by Gasteiger charge is 2.25. The van der Waals surface area contributed by atoms with Gasteiger partial charge in [0.15, 0.2) is 0 Å². The van der Waals surface area contributed by atoms with Gasteiger partial charge in [0.2, 0.25) is 5.91 Å². The number of thioether (sulfide) groups is 1. The van der Waals surface area contributed by atoms with Gasteiger partial charge >= 0.3 is 5.97 Å². The number of fused-ring (bicyclic) bond motifs is 1. The Bertz CT molecular complexity index is 1220. The first-order valence-electron chi connectivity index (χ1n) is 10.7. The molecule has 0 fully saturated rings. The number of carboxylic acids is 1. The van der Waals surface area contributed by atoms with Crippen molar-refractivity contribution in [2.24, 2.45) is 0 Å². The van der Waals surface area contributed by atoms with E-state index in [0.717, 1.165) is 30.5 Å². The molecule has 1 aliphatic rings. The van der Waals surface area contributed by atoms with Gasteiger partial charge in [0, 0.05) is 11.4 Å². The van der Waals surface area contributed by atoms with Crippen molar-refractivity contribution in [2.45, 2.75) is 42.4 Å². The Labute approximate surface area is 196 Å². The predicted octanol–water partition coefficient (Wildman–Crippen LogP) is 5.04. The van der Waals surface area contributed by atoms with E-state index in [-0.39, 0.29) is 11.5 Å². The summed E-state index contributed by atoms with van der Waals surface area (Å²) in [6, 6.07) is 20.6. The number of anilines is 1. The summed E-state index contributed by atoms with van der Waals surface area (Å²) in [5.74, 6) is -0.840. The summed E-state index contributed by atoms with van der Waals surface area (Å²) < 4.78 is 0. The molecule has 1 aromatic heterocycles. The fourth-order valence-corrected chi connectivity index (χ4v) is 4.88. The minimum atomic E-state index is -1.02. The van der Waals surface area contributed by atoms with E-state index >= 15 is 0 Å². The molecule has 2 aromatic carbocycles. The van der Waals surface area contributed by atoms with Gasteiger partial charge in [0.25, 0.3) is 0 Å². The third-order valence-corrected chi connectivity index (χ3v) is 6.90. The molecule has 1 aliphatic carbocycles. The molecule has 0 bridgehead atoms. The number of hydrogen-bond acceptors (Lipinski definition) is 5. The first-order valence-corrected chi connectivity index (χ1v) is 11.6. The van der Waals surface area contributed by atoms with Crippen LogP contribution in [0.1, 0.15) is 52.0 Å². The van der Waals surface area contributed by atoms with Crippen molar-refractivity contribution in [1.29, 1.82) is 5.26 Å². The standard InChI is InChI=1S/C26H23N3O3S/c1-16(24(30)28-22-10-7-18(8-11-22)26(31)32)33-25-21(15-27)14-20-13-19(9-12-23(20)29-25)17-5-3-2-4-6-17/h2-8,10-11,14,16,19H,9,12-13H2,1H3,(H,28,30)(H,31,32). The van der Waals surface area contributed by atoms with E-state index < -0.39 is 11.2 Å². The normalized spacial score (nSPS) is 15.7. The highest BCUT2D eigenvalue weighted by Crippen LogP contribution is 2.35. The van der Waals surface area contributed by atoms with E-state index in [0.29, 0.717) is 22.2 Å². The van der Waals surface area contributed by atoms with E-state index in [4.69, 9.17) is 10.1 Å². The molecule has 6 nitrogen and oxygen atoms in total. The highest BCUT2D eigenvalue weighted by molar-refractivity contribution is 8.00. The topological polar surface area (TPSA) is 103 Å². The lowest BCUT2D eigenvalue weighted by atomic mass is 9.82. The molecule has 0 spiro atoms. The molecule has 1 amide bonds. The summed E-state index contributed by atoms with van der Waals surface area (Å²) in [6.45, 7) is 1.76. The first-order chi connectivity index (χ1) is 15.9. The van der Waals surface area contributed by atoms with Gasteiger partial charge in [-0.1, -0.05) is 42.1 Å². The zero-order valence-corrected chi connectivity index (χ0v) is 18.9. The van der Waals surface area contributed by atoms with Crippen LogP contribution in [0.15, 0.2) is 65.7 Å². The fourth-order valence-electron chi connectivity index (χ4n) is 3.99. The number of hydrogen-bond donors (Lipinski definition) is 2. The van der Waals surface area contributed by atoms with Crippen LogP contribution in [0.2, 0.25) is 0 Å². The Morgan fingerprint density at radius 2 is 1.91 bits per heavy atom. The van der Waals surface area contributed by atoms with Crippen molar-refractivity contribution in [2.75, 3.05) is 5.32 Å². The monoisotopic (exact) mass is 457 g/mol. The van der Waals surface area contributed by atoms with Crippen LogP contribution in [0.5, 0.6) is 0 Å². The molecule has 4 rings (SSSR count). The molecule has 166 valence electrons. The van der Waals surface area contributed by atoms with E-state index in [2.05, 4.69) is 35.7 Å². The van der Waals surface area contributed by atoms with Gasteiger partial charge in [0.1, 0.15) is 11.1 Å². The third-order valence-electron chi connectivity index (χ3n) is 5.80. The van der Waals surface area contributed by atoms with Gasteiger partial charge in [-0.15, -0.1) is 0 Å². The predicted molar refractivity (Wildman–Crippen MR) is 128 cm³/mol. The van der Waals surface area contributed by atoms with Crippen LogP contribution in [0, 0.1) is 11.3 Å². The molecular weight excluding hydrogens is 434 g/mol. The van der Waals surface area contributed by atoms with Crippen LogP contribution in [0.3, 0.4) is 0 Å². The smallest absolute Gasteiger partial charge is 0.335 e. The molecule has 2 atom stereocenters. The Morgan fingerprint density at radius 1 is 1.18 bits per heavy atom. The Hall–Kier alpha value is -3.63. The van der Waals surface area contributed by atoms with Crippen LogP contribution in [-0.2, 0) is 17.6 Å². The Morgan fingerprint density at radius 3 is 2.58 bits per heavy atom. The van der Waals surface area contributed by atoms with E-state index in [1.54, 1.807) is 19.1 Å². The van der Waals surface area contributed by atoms with Crippen LogP contribution >= 0.6 is 11.8 Å². The number of aromatic nitrogens is 1. The first kappa shape index (κ1) is 22.6. The zero-order valence-electron chi connectivity index (χ0n) is 18.1. The average Bonchev–Trinajstić information content (AvgIpc) is 2.84. The van der Waals surface area contributed by atoms with Crippen LogP contribution in [0.4, 0.5) is 5.69 Å². The minimum absolute atomic E-state index is 0.154. The summed E-state index contributed by atoms with van der Waals surface area (Å²) in [7, 11) is 0. The molecular formula is C26H23N3O3S. The average molecular weight is 458 g/mol. The lowest BCUT2D eigenvalue weighted by Crippen LogP contribution is -2.23. The van der Waals surface area contributed by atoms with Crippen molar-refractivity contribution < 1.29 is 14.7 Å². The van der Waals surface area contributed by atoms with Crippen molar-refractivity contribution >= 4 is 29.3 Å². The summed E-state index contributed by atoms with van der Waals surface area (Å²) in [4.78, 5) is 28.4. The molecule has 0 radical (unpaired) electrons. The number of pyridine rings is 1. The van der Waals surface area contributed by atoms with Crippen molar-refractivity contribution in [1.82, 2.24) is 4.98 Å². The fraction of sp³-hybridized carbons (Fsp3) is 0.231. The van der Waals surface area contributed by atoms with Gasteiger partial charge < -0.3 is 10.4 Å². The summed E-state index contributed by atoms with van der Waals surface area (Å²) in [5.41, 5.74) is 4.57. The summed E-state index contributed by atoms with van der Waals surface area (Å²) in [6.07, 6.45) is 2.70. The van der Waals surface area contributed by atoms with Crippen molar-refractivity contribution in [3.63, 3.8) is 0 Å². The second kappa shape index (κ2) is 9.88. The Kier molecular flexibility index (Phi) is 6.76. The second-order valence-corrected chi connectivity index (χ2v) is 9.37. The lowest BCUT2D eigenvalue weighted by Gasteiger charge is -2.25. The SMILES string of the molecule is CC(Sc1nc2c(cc1C#N)CC(c1ccccc1)CC2)C(=O)Nc1ccc(C(=O)O)cc1. The maximum atomic E-state index is 12.7. The van der Waals surface area contributed by atoms with Gasteiger partial charge in [-0.25, -0.2) is 9.78 Å². The largest absolute Gasteiger partial charge is 0.478 e. The lowest BCUT2D eigenvalue weighted by molar-refractivity contribution is -0.115. The van der Waals surface area contributed by atoms with Gasteiger partial charge in [-0.05, 0) is 73.6 Å². The third kappa shape index (κ3) is 5.24. The second-order valence-electron chi connectivity index (χ2n) is 8.04. The molecule has 0 saturated carbocycles. The summed E-state index contributed by atoms with van der Waals surface area (Å²) >= 11 is 1.26. The van der Waals surface area contributed by atoms with E-state index in [1.807, 2.05) is 12.1 Å². The molecule has 2 unspecified atom stereocenters. The molecule has 0 saturated heterocycles. The number of carbonyl (C=O) groups excluding carboxylic acids is 1. The number of carboxylic acid groups (broad SMARTS) is 1. The number of nitrogens with zero attached hydrogens (tertiary/aromatic N) is 2. The van der Waals surface area contributed by atoms with Crippen LogP contribution < -0.4 is 5.32 Å². The summed E-state index contributed by atoms with van der Waals surface area (Å²) in [5, 5.41) is 21.6.